The third kappa shape index (κ3) is 5.80. The minimum Gasteiger partial charge on any atom is -0.508 e. The molecular weight excluding hydrogens is 252 g/mol. The Balaban J connectivity index is 2.75. The van der Waals surface area contributed by atoms with Gasteiger partial charge in [0.05, 0.1) is 0 Å². The number of benzene rings is 1. The Morgan fingerprint density at radius 3 is 2.05 bits per heavy atom. The van der Waals surface area contributed by atoms with E-state index in [0.717, 1.165) is 18.5 Å². The van der Waals surface area contributed by atoms with Crippen LogP contribution in [0.1, 0.15) is 38.8 Å². The van der Waals surface area contributed by atoms with E-state index in [1.807, 2.05) is 0 Å². The van der Waals surface area contributed by atoms with E-state index in [2.05, 4.69) is 45.1 Å². The highest BCUT2D eigenvalue weighted by Crippen LogP contribution is 2.25. The number of hydrogen-bond acceptors (Lipinski definition) is 4. The molecule has 0 saturated carbocycles. The molecule has 114 valence electrons. The molecule has 0 aromatic heterocycles. The second-order valence-electron chi connectivity index (χ2n) is 6.26. The molecule has 1 aromatic rings. The van der Waals surface area contributed by atoms with Gasteiger partial charge in [-0.3, -0.25) is 0 Å². The van der Waals surface area contributed by atoms with Crippen LogP contribution >= 0.6 is 0 Å². The number of likely N-dealkylation sites (N-methyl/N-ethyl adjacent to an activating group) is 1. The van der Waals surface area contributed by atoms with Gasteiger partial charge in [-0.1, -0.05) is 13.8 Å². The van der Waals surface area contributed by atoms with Crippen LogP contribution in [0.5, 0.6) is 11.5 Å². The molecule has 2 unspecified atom stereocenters. The van der Waals surface area contributed by atoms with Crippen LogP contribution in [0.25, 0.3) is 0 Å². The Morgan fingerprint density at radius 1 is 1.05 bits per heavy atom. The molecule has 0 spiro atoms. The molecule has 0 bridgehead atoms. The second kappa shape index (κ2) is 7.50. The van der Waals surface area contributed by atoms with Gasteiger partial charge in [0.25, 0.3) is 0 Å². The summed E-state index contributed by atoms with van der Waals surface area (Å²) in [6, 6.07) is 5.20. The molecule has 0 aliphatic carbocycles. The molecule has 0 fully saturated rings. The Morgan fingerprint density at radius 2 is 1.60 bits per heavy atom. The van der Waals surface area contributed by atoms with Crippen molar-refractivity contribution in [2.45, 2.75) is 39.3 Å². The molecule has 0 saturated heterocycles. The first-order chi connectivity index (χ1) is 9.27. The van der Waals surface area contributed by atoms with Crippen LogP contribution in [0, 0.1) is 5.92 Å². The lowest BCUT2D eigenvalue weighted by molar-refractivity contribution is 0.290. The second-order valence-corrected chi connectivity index (χ2v) is 6.26. The fourth-order valence-corrected chi connectivity index (χ4v) is 2.52. The van der Waals surface area contributed by atoms with E-state index >= 15 is 0 Å². The van der Waals surface area contributed by atoms with Crippen LogP contribution < -0.4 is 5.32 Å². The summed E-state index contributed by atoms with van der Waals surface area (Å²) in [4.78, 5) is 2.17. The lowest BCUT2D eigenvalue weighted by atomic mass is 10.0. The minimum atomic E-state index is 0.0803. The molecule has 0 aliphatic heterocycles. The fraction of sp³-hybridized carbons (Fsp3) is 0.625. The third-order valence-electron chi connectivity index (χ3n) is 3.25. The predicted molar refractivity (Wildman–Crippen MR) is 83.1 cm³/mol. The van der Waals surface area contributed by atoms with E-state index in [0.29, 0.717) is 12.0 Å². The lowest BCUT2D eigenvalue weighted by Crippen LogP contribution is -2.40. The Kier molecular flexibility index (Phi) is 6.30. The molecule has 1 aromatic carbocycles. The van der Waals surface area contributed by atoms with Crippen molar-refractivity contribution in [3.05, 3.63) is 23.8 Å². The van der Waals surface area contributed by atoms with Crippen LogP contribution in [0.3, 0.4) is 0 Å². The first-order valence-electron chi connectivity index (χ1n) is 7.21. The fourth-order valence-electron chi connectivity index (χ4n) is 2.52. The lowest BCUT2D eigenvalue weighted by Gasteiger charge is -2.27. The minimum absolute atomic E-state index is 0.0803. The number of nitrogens with one attached hydrogen (secondary N) is 1. The van der Waals surface area contributed by atoms with Crippen molar-refractivity contribution in [3.8, 4) is 11.5 Å². The highest BCUT2D eigenvalue weighted by atomic mass is 16.3. The maximum atomic E-state index is 9.57. The average molecular weight is 280 g/mol. The summed E-state index contributed by atoms with van der Waals surface area (Å²) in [6.45, 7) is 7.45. The molecule has 0 heterocycles. The summed E-state index contributed by atoms with van der Waals surface area (Å²) < 4.78 is 0. The maximum Gasteiger partial charge on any atom is 0.119 e. The number of phenols is 2. The number of nitrogens with zero attached hydrogens (tertiary/aromatic N) is 1. The van der Waals surface area contributed by atoms with Crippen molar-refractivity contribution in [3.63, 3.8) is 0 Å². The molecular formula is C16H28N2O2. The summed E-state index contributed by atoms with van der Waals surface area (Å²) >= 11 is 0. The van der Waals surface area contributed by atoms with Crippen molar-refractivity contribution in [2.24, 2.45) is 5.92 Å². The maximum absolute atomic E-state index is 9.57. The van der Waals surface area contributed by atoms with Gasteiger partial charge in [0.15, 0.2) is 0 Å². The normalized spacial score (nSPS) is 14.8. The van der Waals surface area contributed by atoms with Crippen LogP contribution in [0.2, 0.25) is 0 Å². The van der Waals surface area contributed by atoms with E-state index in [1.165, 1.54) is 6.07 Å². The number of rotatable bonds is 7. The molecule has 4 heteroatoms. The van der Waals surface area contributed by atoms with Crippen molar-refractivity contribution in [1.82, 2.24) is 10.2 Å². The van der Waals surface area contributed by atoms with Crippen molar-refractivity contribution < 1.29 is 10.2 Å². The van der Waals surface area contributed by atoms with Gasteiger partial charge < -0.3 is 20.4 Å². The van der Waals surface area contributed by atoms with Crippen LogP contribution in [0.4, 0.5) is 0 Å². The van der Waals surface area contributed by atoms with Gasteiger partial charge in [0, 0.05) is 24.7 Å². The molecule has 2 atom stereocenters. The quantitative estimate of drug-likeness (QED) is 0.719. The highest BCUT2D eigenvalue weighted by molar-refractivity contribution is 5.37. The van der Waals surface area contributed by atoms with Gasteiger partial charge >= 0.3 is 0 Å². The third-order valence-corrected chi connectivity index (χ3v) is 3.25. The van der Waals surface area contributed by atoms with Crippen molar-refractivity contribution >= 4 is 0 Å². The zero-order valence-corrected chi connectivity index (χ0v) is 13.2. The van der Waals surface area contributed by atoms with Gasteiger partial charge in [-0.25, -0.2) is 0 Å². The SMILES string of the molecule is CC(C)CC(CN(C)C)NC(C)c1cc(O)cc(O)c1. The van der Waals surface area contributed by atoms with E-state index in [1.54, 1.807) is 12.1 Å². The summed E-state index contributed by atoms with van der Waals surface area (Å²) in [6.07, 6.45) is 1.09. The van der Waals surface area contributed by atoms with E-state index < -0.39 is 0 Å². The zero-order valence-electron chi connectivity index (χ0n) is 13.2. The number of phenolic OH excluding ortho intramolecular Hbond substituents is 2. The first-order valence-corrected chi connectivity index (χ1v) is 7.21. The number of hydrogen-bond donors (Lipinski definition) is 3. The summed E-state index contributed by atoms with van der Waals surface area (Å²) in [7, 11) is 4.14. The topological polar surface area (TPSA) is 55.7 Å². The summed E-state index contributed by atoms with van der Waals surface area (Å²) in [5.41, 5.74) is 0.898. The molecule has 0 aliphatic rings. The van der Waals surface area contributed by atoms with Gasteiger partial charge in [-0.05, 0) is 51.1 Å². The molecule has 4 nitrogen and oxygen atoms in total. The molecule has 1 rings (SSSR count). The zero-order chi connectivity index (χ0) is 15.3. The average Bonchev–Trinajstić information content (AvgIpc) is 2.25. The summed E-state index contributed by atoms with van der Waals surface area (Å²) in [5, 5.41) is 22.7. The Hall–Kier alpha value is -1.26. The Bertz CT molecular complexity index is 389. The number of aromatic hydroxyl groups is 2. The van der Waals surface area contributed by atoms with Crippen LogP contribution in [-0.4, -0.2) is 41.8 Å². The smallest absolute Gasteiger partial charge is 0.119 e. The molecule has 0 radical (unpaired) electrons. The largest absolute Gasteiger partial charge is 0.508 e. The van der Waals surface area contributed by atoms with Crippen molar-refractivity contribution in [2.75, 3.05) is 20.6 Å². The molecule has 20 heavy (non-hydrogen) atoms. The Labute approximate surface area is 122 Å². The van der Waals surface area contributed by atoms with Gasteiger partial charge in [-0.15, -0.1) is 0 Å². The monoisotopic (exact) mass is 280 g/mol. The summed E-state index contributed by atoms with van der Waals surface area (Å²) in [5.74, 6) is 0.820. The van der Waals surface area contributed by atoms with Gasteiger partial charge in [-0.2, -0.15) is 0 Å². The molecule has 3 N–H and O–H groups in total. The van der Waals surface area contributed by atoms with Crippen LogP contribution in [-0.2, 0) is 0 Å². The van der Waals surface area contributed by atoms with E-state index in [4.69, 9.17) is 0 Å². The van der Waals surface area contributed by atoms with Crippen molar-refractivity contribution in [1.29, 1.82) is 0 Å². The standard InChI is InChI=1S/C16H28N2O2/c1-11(2)6-14(10-18(4)5)17-12(3)13-7-15(19)9-16(20)8-13/h7-9,11-12,14,17,19-20H,6,10H2,1-5H3. The van der Waals surface area contributed by atoms with E-state index in [-0.39, 0.29) is 17.5 Å². The first kappa shape index (κ1) is 16.8. The predicted octanol–water partition coefficient (Wildman–Crippen LogP) is 2.72. The van der Waals surface area contributed by atoms with Gasteiger partial charge in [0.2, 0.25) is 0 Å². The highest BCUT2D eigenvalue weighted by Gasteiger charge is 2.16. The van der Waals surface area contributed by atoms with Crippen LogP contribution in [0.15, 0.2) is 18.2 Å². The van der Waals surface area contributed by atoms with E-state index in [9.17, 15) is 10.2 Å². The molecule has 0 amide bonds. The van der Waals surface area contributed by atoms with Gasteiger partial charge in [0.1, 0.15) is 11.5 Å².